The number of anilines is 2. The highest BCUT2D eigenvalue weighted by atomic mass is 35.5. The number of hydrogen-bond donors (Lipinski definition) is 2. The van der Waals surface area contributed by atoms with Crippen LogP contribution in [0.3, 0.4) is 0 Å². The lowest BCUT2D eigenvalue weighted by atomic mass is 10.0. The number of nitrogens with zero attached hydrogens (tertiary/aromatic N) is 3. The number of nitrogens with one attached hydrogen (secondary N) is 1. The molecule has 3 N–H and O–H groups in total. The van der Waals surface area contributed by atoms with E-state index in [9.17, 15) is 18.0 Å². The fourth-order valence-electron chi connectivity index (χ4n) is 3.72. The van der Waals surface area contributed by atoms with Crippen molar-refractivity contribution < 1.29 is 22.7 Å². The summed E-state index contributed by atoms with van der Waals surface area (Å²) in [6, 6.07) is 3.38. The minimum atomic E-state index is -4.50. The molecule has 1 amide bonds. The van der Waals surface area contributed by atoms with E-state index in [4.69, 9.17) is 22.1 Å². The zero-order valence-corrected chi connectivity index (χ0v) is 26.6. The number of carbonyl (C=O) groups is 1. The zero-order chi connectivity index (χ0) is 31.5. The highest BCUT2D eigenvalue weighted by Gasteiger charge is 2.32. The maximum Gasteiger partial charge on any atom is 0.416 e. The Bertz CT molecular complexity index is 991. The van der Waals surface area contributed by atoms with Crippen LogP contribution in [0.2, 0.25) is 5.28 Å². The van der Waals surface area contributed by atoms with E-state index < -0.39 is 11.7 Å². The quantitative estimate of drug-likeness (QED) is 0.237. The average Bonchev–Trinajstić information content (AvgIpc) is 3.40. The average molecular weight is 592 g/mol. The van der Waals surface area contributed by atoms with Crippen molar-refractivity contribution in [3.8, 4) is 0 Å². The number of carbonyl (C=O) groups excluding carboxylic acids is 1. The number of ether oxygens (including phenoxy) is 1. The summed E-state index contributed by atoms with van der Waals surface area (Å²) in [5.41, 5.74) is 6.49. The first kappa shape index (κ1) is 39.6. The van der Waals surface area contributed by atoms with Crippen LogP contribution in [-0.2, 0) is 35.3 Å². The molecule has 0 saturated carbocycles. The number of fused-ring (bicyclic) bond motifs is 1. The number of hydrogen-bond acceptors (Lipinski definition) is 6. The van der Waals surface area contributed by atoms with Crippen molar-refractivity contribution >= 4 is 29.0 Å². The standard InChI is InChI=1S/C21H25ClF3N5O2.4C2H6/c1-3-13(4-5-32-2)19(31)30-10-16-17(11-30)28-20(22)29-18(16)27-9-12-6-14(21(23,24)25)8-15(26)7-12;4*1-2/h6-8,13H,3-5,9-11,26H2,1-2H3,(H,27,28,29);4*1-2H3. The Balaban J connectivity index is 0. The van der Waals surface area contributed by atoms with Crippen molar-refractivity contribution in [3.63, 3.8) is 0 Å². The molecule has 1 aromatic heterocycles. The zero-order valence-electron chi connectivity index (χ0n) is 25.8. The summed E-state index contributed by atoms with van der Waals surface area (Å²) in [4.78, 5) is 23.1. The Morgan fingerprint density at radius 2 is 1.68 bits per heavy atom. The van der Waals surface area contributed by atoms with Gasteiger partial charge in [-0.2, -0.15) is 13.2 Å². The number of nitrogen functional groups attached to an aromatic ring is 1. The molecule has 0 aliphatic carbocycles. The molecule has 230 valence electrons. The van der Waals surface area contributed by atoms with Crippen LogP contribution in [0.15, 0.2) is 18.2 Å². The van der Waals surface area contributed by atoms with Crippen LogP contribution in [0, 0.1) is 5.92 Å². The molecule has 40 heavy (non-hydrogen) atoms. The first-order valence-electron chi connectivity index (χ1n) is 14.2. The summed E-state index contributed by atoms with van der Waals surface area (Å²) >= 11 is 6.06. The van der Waals surface area contributed by atoms with Crippen molar-refractivity contribution in [1.29, 1.82) is 0 Å². The molecule has 0 radical (unpaired) electrons. The number of aromatic nitrogens is 2. The number of amides is 1. The second-order valence-corrected chi connectivity index (χ2v) is 8.00. The Morgan fingerprint density at radius 1 is 1.07 bits per heavy atom. The van der Waals surface area contributed by atoms with Crippen LogP contribution < -0.4 is 11.1 Å². The van der Waals surface area contributed by atoms with Gasteiger partial charge < -0.3 is 20.7 Å². The second-order valence-electron chi connectivity index (χ2n) is 7.66. The molecule has 0 bridgehead atoms. The lowest BCUT2D eigenvalue weighted by molar-refractivity contribution is -0.138. The smallest absolute Gasteiger partial charge is 0.399 e. The van der Waals surface area contributed by atoms with E-state index in [1.807, 2.05) is 62.3 Å². The number of alkyl halides is 3. The van der Waals surface area contributed by atoms with Gasteiger partial charge in [0.15, 0.2) is 0 Å². The van der Waals surface area contributed by atoms with E-state index in [-0.39, 0.29) is 29.3 Å². The van der Waals surface area contributed by atoms with Gasteiger partial charge in [-0.3, -0.25) is 4.79 Å². The summed E-state index contributed by atoms with van der Waals surface area (Å²) < 4.78 is 44.3. The predicted molar refractivity (Wildman–Crippen MR) is 160 cm³/mol. The molecule has 7 nitrogen and oxygen atoms in total. The van der Waals surface area contributed by atoms with Crippen LogP contribution in [0.5, 0.6) is 0 Å². The van der Waals surface area contributed by atoms with Gasteiger partial charge in [0.2, 0.25) is 11.2 Å². The van der Waals surface area contributed by atoms with Crippen molar-refractivity contribution in [1.82, 2.24) is 14.9 Å². The van der Waals surface area contributed by atoms with Gasteiger partial charge in [0, 0.05) is 37.4 Å². The van der Waals surface area contributed by atoms with Crippen LogP contribution in [0.1, 0.15) is 97.5 Å². The topological polar surface area (TPSA) is 93.4 Å². The molecule has 2 heterocycles. The molecule has 0 spiro atoms. The maximum atomic E-state index is 13.1. The minimum absolute atomic E-state index is 0.00414. The van der Waals surface area contributed by atoms with Crippen LogP contribution in [0.4, 0.5) is 24.7 Å². The van der Waals surface area contributed by atoms with Gasteiger partial charge in [0.05, 0.1) is 24.3 Å². The lowest BCUT2D eigenvalue weighted by Gasteiger charge is -2.22. The molecule has 0 fully saturated rings. The SMILES string of the molecule is CC.CC.CC.CC.CCC(CCOC)C(=O)N1Cc2nc(Cl)nc(NCc3cc(N)cc(C(F)(F)F)c3)c2C1. The third-order valence-electron chi connectivity index (χ3n) is 5.38. The van der Waals surface area contributed by atoms with Gasteiger partial charge in [0.1, 0.15) is 5.82 Å². The predicted octanol–water partition coefficient (Wildman–Crippen LogP) is 8.35. The molecular weight excluding hydrogens is 543 g/mol. The highest BCUT2D eigenvalue weighted by Crippen LogP contribution is 2.33. The Morgan fingerprint density at radius 3 is 2.20 bits per heavy atom. The van der Waals surface area contributed by atoms with Gasteiger partial charge >= 0.3 is 6.18 Å². The highest BCUT2D eigenvalue weighted by molar-refractivity contribution is 6.28. The Labute approximate surface area is 244 Å². The lowest BCUT2D eigenvalue weighted by Crippen LogP contribution is -2.32. The normalized spacial score (nSPS) is 12.1. The van der Waals surface area contributed by atoms with Crippen LogP contribution in [0.25, 0.3) is 0 Å². The molecule has 1 atom stereocenters. The van der Waals surface area contributed by atoms with E-state index in [1.165, 1.54) is 6.07 Å². The largest absolute Gasteiger partial charge is 0.416 e. The summed E-state index contributed by atoms with van der Waals surface area (Å²) in [7, 11) is 1.59. The molecule has 2 aromatic rings. The fourth-order valence-corrected chi connectivity index (χ4v) is 3.90. The van der Waals surface area contributed by atoms with Gasteiger partial charge in [-0.15, -0.1) is 0 Å². The van der Waals surface area contributed by atoms with Gasteiger partial charge in [-0.1, -0.05) is 62.3 Å². The third kappa shape index (κ3) is 12.3. The van der Waals surface area contributed by atoms with E-state index in [2.05, 4.69) is 15.3 Å². The molecule has 1 unspecified atom stereocenters. The second kappa shape index (κ2) is 21.2. The molecule has 1 aromatic carbocycles. The maximum absolute atomic E-state index is 13.1. The van der Waals surface area contributed by atoms with Crippen molar-refractivity contribution in [3.05, 3.63) is 45.9 Å². The molecule has 1 aliphatic rings. The van der Waals surface area contributed by atoms with E-state index in [0.717, 1.165) is 12.1 Å². The molecular formula is C29H49ClF3N5O2. The molecule has 11 heteroatoms. The summed E-state index contributed by atoms with van der Waals surface area (Å²) in [5, 5.41) is 3.02. The first-order valence-corrected chi connectivity index (χ1v) is 14.5. The number of nitrogens with two attached hydrogens (primary N) is 1. The third-order valence-corrected chi connectivity index (χ3v) is 5.55. The molecule has 1 aliphatic heterocycles. The number of rotatable bonds is 8. The summed E-state index contributed by atoms with van der Waals surface area (Å²) in [5.74, 6) is 0.212. The van der Waals surface area contributed by atoms with Crippen LogP contribution in [-0.4, -0.2) is 34.5 Å². The number of halogens is 4. The first-order chi connectivity index (χ1) is 19.1. The van der Waals surface area contributed by atoms with E-state index >= 15 is 0 Å². The summed E-state index contributed by atoms with van der Waals surface area (Å²) in [6.07, 6.45) is -3.19. The molecule has 0 saturated heterocycles. The van der Waals surface area contributed by atoms with Crippen molar-refractivity contribution in [2.24, 2.45) is 5.92 Å². The Kier molecular flexibility index (Phi) is 21.0. The van der Waals surface area contributed by atoms with Crippen molar-refractivity contribution in [2.45, 2.75) is 101 Å². The van der Waals surface area contributed by atoms with E-state index in [1.54, 1.807) is 12.0 Å². The minimum Gasteiger partial charge on any atom is -0.399 e. The van der Waals surface area contributed by atoms with E-state index in [0.29, 0.717) is 55.2 Å². The Hall–Kier alpha value is -2.59. The van der Waals surface area contributed by atoms with Gasteiger partial charge in [-0.05, 0) is 48.2 Å². The number of methoxy groups -OCH3 is 1. The monoisotopic (exact) mass is 591 g/mol. The van der Waals surface area contributed by atoms with Gasteiger partial charge in [-0.25, -0.2) is 9.97 Å². The fraction of sp³-hybridized carbons (Fsp3) is 0.621. The van der Waals surface area contributed by atoms with Crippen molar-refractivity contribution in [2.75, 3.05) is 24.8 Å². The molecule has 3 rings (SSSR count). The number of benzene rings is 1. The summed E-state index contributed by atoms with van der Waals surface area (Å²) in [6.45, 7) is 19.1. The van der Waals surface area contributed by atoms with Gasteiger partial charge in [0.25, 0.3) is 0 Å². The van der Waals surface area contributed by atoms with Crippen LogP contribution >= 0.6 is 11.6 Å².